The molecule has 0 radical (unpaired) electrons. The minimum absolute atomic E-state index is 0.313. The molecule has 0 atom stereocenters. The molecule has 0 aliphatic carbocycles. The third kappa shape index (κ3) is 3.70. The van der Waals surface area contributed by atoms with E-state index in [1.807, 2.05) is 18.2 Å². The minimum Gasteiger partial charge on any atom is -0.497 e. The summed E-state index contributed by atoms with van der Waals surface area (Å²) in [6.07, 6.45) is 4.44. The van der Waals surface area contributed by atoms with Crippen LogP contribution in [0.15, 0.2) is 36.5 Å². The number of hydrogen-bond donors (Lipinski definition) is 1. The monoisotopic (exact) mass is 412 g/mol. The molecule has 29 heavy (non-hydrogen) atoms. The topological polar surface area (TPSA) is 46.7 Å². The number of nitrogens with zero attached hydrogens (tertiary/aromatic N) is 1. The van der Waals surface area contributed by atoms with Crippen molar-refractivity contribution in [3.05, 3.63) is 58.2 Å². The zero-order valence-electron chi connectivity index (χ0n) is 16.5. The third-order valence-corrected chi connectivity index (χ3v) is 6.31. The first kappa shape index (κ1) is 18.8. The van der Waals surface area contributed by atoms with Gasteiger partial charge in [-0.25, -0.2) is 0 Å². The van der Waals surface area contributed by atoms with Crippen molar-refractivity contribution in [1.82, 2.24) is 9.88 Å². The summed E-state index contributed by atoms with van der Waals surface area (Å²) in [6.45, 7) is 3.85. The van der Waals surface area contributed by atoms with Gasteiger partial charge in [-0.05, 0) is 67.7 Å². The van der Waals surface area contributed by atoms with Crippen molar-refractivity contribution >= 4 is 22.5 Å². The Kier molecular flexibility index (Phi) is 5.12. The van der Waals surface area contributed by atoms with E-state index in [0.29, 0.717) is 19.3 Å². The number of hydrogen-bond acceptors (Lipinski definition) is 4. The van der Waals surface area contributed by atoms with Crippen molar-refractivity contribution in [2.45, 2.75) is 31.9 Å². The SMILES string of the molecule is COc1ccc2[nH]cc(C3CCN(Cc4cc(Cl)cc5c4OCOC5)CC3)c2c1. The second-order valence-electron chi connectivity index (χ2n) is 7.87. The fourth-order valence-electron chi connectivity index (χ4n) is 4.60. The van der Waals surface area contributed by atoms with Gasteiger partial charge in [0.15, 0.2) is 6.79 Å². The van der Waals surface area contributed by atoms with Crippen molar-refractivity contribution in [1.29, 1.82) is 0 Å². The highest BCUT2D eigenvalue weighted by Crippen LogP contribution is 2.37. The molecule has 0 saturated carbocycles. The van der Waals surface area contributed by atoms with E-state index in [4.69, 9.17) is 25.8 Å². The third-order valence-electron chi connectivity index (χ3n) is 6.09. The molecule has 2 aliphatic heterocycles. The smallest absolute Gasteiger partial charge is 0.189 e. The fraction of sp³-hybridized carbons (Fsp3) is 0.391. The average molecular weight is 413 g/mol. The van der Waals surface area contributed by atoms with Crippen LogP contribution in [0.4, 0.5) is 0 Å². The number of H-pyrrole nitrogens is 1. The largest absolute Gasteiger partial charge is 0.497 e. The second-order valence-corrected chi connectivity index (χ2v) is 8.31. The maximum absolute atomic E-state index is 6.33. The lowest BCUT2D eigenvalue weighted by Gasteiger charge is -2.33. The first-order valence-electron chi connectivity index (χ1n) is 10.1. The van der Waals surface area contributed by atoms with Gasteiger partial charge in [0.05, 0.1) is 13.7 Å². The number of rotatable bonds is 4. The predicted octanol–water partition coefficient (Wildman–Crippen LogP) is 5.08. The van der Waals surface area contributed by atoms with E-state index in [1.165, 1.54) is 16.5 Å². The lowest BCUT2D eigenvalue weighted by Crippen LogP contribution is -2.32. The average Bonchev–Trinajstić information content (AvgIpc) is 3.17. The van der Waals surface area contributed by atoms with Crippen LogP contribution in [0.3, 0.4) is 0 Å². The Bertz CT molecular complexity index is 1020. The number of nitrogens with one attached hydrogen (secondary N) is 1. The molecule has 1 saturated heterocycles. The van der Waals surface area contributed by atoms with Gasteiger partial charge in [0.25, 0.3) is 0 Å². The molecule has 0 bridgehead atoms. The molecule has 6 heteroatoms. The molecule has 5 rings (SSSR count). The molecule has 0 amide bonds. The van der Waals surface area contributed by atoms with Crippen molar-refractivity contribution in [3.63, 3.8) is 0 Å². The van der Waals surface area contributed by atoms with E-state index in [9.17, 15) is 0 Å². The van der Waals surface area contributed by atoms with Crippen LogP contribution < -0.4 is 9.47 Å². The van der Waals surface area contributed by atoms with Gasteiger partial charge >= 0.3 is 0 Å². The summed E-state index contributed by atoms with van der Waals surface area (Å²) in [5, 5.41) is 2.02. The molecular weight excluding hydrogens is 388 g/mol. The molecule has 3 heterocycles. The lowest BCUT2D eigenvalue weighted by atomic mass is 9.89. The number of likely N-dealkylation sites (tertiary alicyclic amines) is 1. The standard InChI is InChI=1S/C23H25ClN2O3/c1-27-19-2-3-22-20(10-19)21(11-25-22)15-4-6-26(7-5-15)12-16-8-18(24)9-17-13-28-14-29-23(16)17/h2-3,8-11,15,25H,4-7,12-14H2,1H3. The maximum atomic E-state index is 6.33. The number of fused-ring (bicyclic) bond motifs is 2. The van der Waals surface area contributed by atoms with Gasteiger partial charge in [-0.15, -0.1) is 0 Å². The second kappa shape index (κ2) is 7.90. The minimum atomic E-state index is 0.313. The van der Waals surface area contributed by atoms with Crippen molar-refractivity contribution in [2.75, 3.05) is 27.0 Å². The van der Waals surface area contributed by atoms with Gasteiger partial charge in [0.2, 0.25) is 0 Å². The van der Waals surface area contributed by atoms with Crippen LogP contribution in [0, 0.1) is 0 Å². The Morgan fingerprint density at radius 3 is 2.90 bits per heavy atom. The van der Waals surface area contributed by atoms with Crippen LogP contribution in [0.5, 0.6) is 11.5 Å². The van der Waals surface area contributed by atoms with Crippen LogP contribution in [-0.2, 0) is 17.9 Å². The summed E-state index contributed by atoms with van der Waals surface area (Å²) in [5.74, 6) is 2.42. The van der Waals surface area contributed by atoms with Gasteiger partial charge in [-0.2, -0.15) is 0 Å². The van der Waals surface area contributed by atoms with Crippen molar-refractivity contribution < 1.29 is 14.2 Å². The molecule has 0 spiro atoms. The van der Waals surface area contributed by atoms with E-state index in [-0.39, 0.29) is 0 Å². The maximum Gasteiger partial charge on any atom is 0.189 e. The number of ether oxygens (including phenoxy) is 3. The van der Waals surface area contributed by atoms with E-state index >= 15 is 0 Å². The first-order chi connectivity index (χ1) is 14.2. The quantitative estimate of drug-likeness (QED) is 0.649. The number of aromatic nitrogens is 1. The molecule has 1 aromatic heterocycles. The molecule has 1 fully saturated rings. The zero-order chi connectivity index (χ0) is 19.8. The predicted molar refractivity (Wildman–Crippen MR) is 114 cm³/mol. The van der Waals surface area contributed by atoms with Crippen LogP contribution in [0.1, 0.15) is 35.4 Å². The Balaban J connectivity index is 1.30. The highest BCUT2D eigenvalue weighted by atomic mass is 35.5. The summed E-state index contributed by atoms with van der Waals surface area (Å²) in [4.78, 5) is 5.91. The summed E-state index contributed by atoms with van der Waals surface area (Å²) in [5.41, 5.74) is 4.78. The molecule has 2 aliphatic rings. The summed E-state index contributed by atoms with van der Waals surface area (Å²) < 4.78 is 16.6. The number of aromatic amines is 1. The van der Waals surface area contributed by atoms with Gasteiger partial charge in [-0.3, -0.25) is 4.90 Å². The first-order valence-corrected chi connectivity index (χ1v) is 10.5. The summed E-state index contributed by atoms with van der Waals surface area (Å²) >= 11 is 6.33. The van der Waals surface area contributed by atoms with Gasteiger partial charge in [-0.1, -0.05) is 11.6 Å². The fourth-order valence-corrected chi connectivity index (χ4v) is 4.87. The van der Waals surface area contributed by atoms with Crippen molar-refractivity contribution in [3.8, 4) is 11.5 Å². The van der Waals surface area contributed by atoms with E-state index in [0.717, 1.165) is 60.1 Å². The van der Waals surface area contributed by atoms with E-state index in [1.54, 1.807) is 7.11 Å². The van der Waals surface area contributed by atoms with Crippen LogP contribution in [0.2, 0.25) is 5.02 Å². The highest BCUT2D eigenvalue weighted by molar-refractivity contribution is 6.30. The number of methoxy groups -OCH3 is 1. The number of halogens is 1. The van der Waals surface area contributed by atoms with Crippen LogP contribution in [0.25, 0.3) is 10.9 Å². The Hall–Kier alpha value is -2.21. The molecular formula is C23H25ClN2O3. The molecule has 2 aromatic carbocycles. The molecule has 3 aromatic rings. The van der Waals surface area contributed by atoms with Gasteiger partial charge < -0.3 is 19.2 Å². The highest BCUT2D eigenvalue weighted by Gasteiger charge is 2.25. The van der Waals surface area contributed by atoms with Gasteiger partial charge in [0.1, 0.15) is 11.5 Å². The van der Waals surface area contributed by atoms with Crippen LogP contribution >= 0.6 is 11.6 Å². The normalized spacial score (nSPS) is 17.9. The number of piperidine rings is 1. The summed E-state index contributed by atoms with van der Waals surface area (Å²) in [7, 11) is 1.72. The zero-order valence-corrected chi connectivity index (χ0v) is 17.3. The van der Waals surface area contributed by atoms with E-state index < -0.39 is 0 Å². The lowest BCUT2D eigenvalue weighted by molar-refractivity contribution is -0.0175. The molecule has 5 nitrogen and oxygen atoms in total. The Morgan fingerprint density at radius 1 is 1.21 bits per heavy atom. The van der Waals surface area contributed by atoms with Crippen molar-refractivity contribution in [2.24, 2.45) is 0 Å². The molecule has 0 unspecified atom stereocenters. The molecule has 152 valence electrons. The van der Waals surface area contributed by atoms with E-state index in [2.05, 4.69) is 28.2 Å². The summed E-state index contributed by atoms with van der Waals surface area (Å²) in [6, 6.07) is 10.2. The van der Waals surface area contributed by atoms with Crippen LogP contribution in [-0.4, -0.2) is 36.9 Å². The molecule has 1 N–H and O–H groups in total. The Labute approximate surface area is 175 Å². The Morgan fingerprint density at radius 2 is 2.07 bits per heavy atom. The number of benzene rings is 2. The van der Waals surface area contributed by atoms with Gasteiger partial charge in [0, 0.05) is 39.8 Å².